The van der Waals surface area contributed by atoms with Gasteiger partial charge in [-0.1, -0.05) is 41.4 Å². The highest BCUT2D eigenvalue weighted by atomic mass is 35.5. The number of halogens is 4. The van der Waals surface area contributed by atoms with E-state index < -0.39 is 12.2 Å². The minimum absolute atomic E-state index is 0.0212. The van der Waals surface area contributed by atoms with E-state index in [-0.39, 0.29) is 16.5 Å². The lowest BCUT2D eigenvalue weighted by atomic mass is 10.0. The third-order valence-corrected chi connectivity index (χ3v) is 2.87. The molecule has 1 aromatic carbocycles. The zero-order valence-electron chi connectivity index (χ0n) is 10.4. The number of aromatic nitrogens is 2. The number of nitrogens with one attached hydrogen (secondary N) is 1. The predicted molar refractivity (Wildman–Crippen MR) is 70.6 cm³/mol. The number of aryl methyl sites for hydroxylation is 1. The molecule has 0 saturated carbocycles. The maximum atomic E-state index is 13.2. The van der Waals surface area contributed by atoms with Crippen molar-refractivity contribution in [2.45, 2.75) is 19.1 Å². The zero-order valence-corrected chi connectivity index (χ0v) is 11.2. The predicted octanol–water partition coefficient (Wildman–Crippen LogP) is 4.15. The summed E-state index contributed by atoms with van der Waals surface area (Å²) in [4.78, 5) is 7.36. The third kappa shape index (κ3) is 3.60. The molecular weight excluding hydrogens is 291 g/mol. The Kier molecular flexibility index (Phi) is 4.13. The number of hydrogen-bond acceptors (Lipinski definition) is 3. The highest BCUT2D eigenvalue weighted by Gasteiger charge is 2.41. The van der Waals surface area contributed by atoms with Gasteiger partial charge in [0.2, 0.25) is 0 Å². The van der Waals surface area contributed by atoms with Crippen LogP contribution in [0.15, 0.2) is 36.7 Å². The molecule has 1 unspecified atom stereocenters. The fourth-order valence-corrected chi connectivity index (χ4v) is 1.82. The molecule has 2 aromatic rings. The van der Waals surface area contributed by atoms with Crippen molar-refractivity contribution >= 4 is 17.4 Å². The maximum absolute atomic E-state index is 13.2. The second kappa shape index (κ2) is 5.66. The smallest absolute Gasteiger partial charge is 0.355 e. The average molecular weight is 302 g/mol. The molecule has 0 amide bonds. The standard InChI is InChI=1S/C13H11ClF3N3/c1-8-2-4-9(5-3-8)12(13(15,16)17)20-11-6-10(14)18-7-19-11/h2-7,12H,1H3,(H,18,19,20). The maximum Gasteiger partial charge on any atom is 0.412 e. The number of nitrogens with zero attached hydrogens (tertiary/aromatic N) is 2. The van der Waals surface area contributed by atoms with Gasteiger partial charge in [0.05, 0.1) is 0 Å². The topological polar surface area (TPSA) is 37.8 Å². The van der Waals surface area contributed by atoms with Gasteiger partial charge in [-0.3, -0.25) is 0 Å². The summed E-state index contributed by atoms with van der Waals surface area (Å²) in [6, 6.07) is 5.51. The van der Waals surface area contributed by atoms with Crippen molar-refractivity contribution < 1.29 is 13.2 Å². The lowest BCUT2D eigenvalue weighted by Crippen LogP contribution is -2.28. The van der Waals surface area contributed by atoms with Crippen LogP contribution >= 0.6 is 11.6 Å². The fraction of sp³-hybridized carbons (Fsp3) is 0.231. The Bertz CT molecular complexity index is 584. The molecule has 0 aliphatic rings. The van der Waals surface area contributed by atoms with Crippen LogP contribution in [0.4, 0.5) is 19.0 Å². The van der Waals surface area contributed by atoms with E-state index in [2.05, 4.69) is 15.3 Å². The average Bonchev–Trinajstić information content (AvgIpc) is 2.36. The number of benzene rings is 1. The summed E-state index contributed by atoms with van der Waals surface area (Å²) in [7, 11) is 0. The Balaban J connectivity index is 2.31. The molecule has 0 saturated heterocycles. The van der Waals surface area contributed by atoms with Gasteiger partial charge in [-0.25, -0.2) is 9.97 Å². The van der Waals surface area contributed by atoms with Crippen LogP contribution < -0.4 is 5.32 Å². The van der Waals surface area contributed by atoms with E-state index in [1.807, 2.05) is 6.92 Å². The van der Waals surface area contributed by atoms with Crippen LogP contribution in [0.5, 0.6) is 0 Å². The minimum Gasteiger partial charge on any atom is -0.355 e. The molecule has 20 heavy (non-hydrogen) atoms. The molecule has 106 valence electrons. The van der Waals surface area contributed by atoms with E-state index in [1.165, 1.54) is 18.2 Å². The number of alkyl halides is 3. The SMILES string of the molecule is Cc1ccc(C(Nc2cc(Cl)ncn2)C(F)(F)F)cc1. The Morgan fingerprint density at radius 1 is 1.15 bits per heavy atom. The molecule has 1 N–H and O–H groups in total. The van der Waals surface area contributed by atoms with Gasteiger partial charge in [0, 0.05) is 6.07 Å². The molecule has 1 heterocycles. The first-order valence-corrected chi connectivity index (χ1v) is 6.11. The van der Waals surface area contributed by atoms with E-state index in [0.29, 0.717) is 0 Å². The highest BCUT2D eigenvalue weighted by molar-refractivity contribution is 6.29. The van der Waals surface area contributed by atoms with Crippen LogP contribution in [0, 0.1) is 6.92 Å². The van der Waals surface area contributed by atoms with Crippen LogP contribution in [0.2, 0.25) is 5.15 Å². The second-order valence-electron chi connectivity index (χ2n) is 4.26. The zero-order chi connectivity index (χ0) is 14.8. The summed E-state index contributed by atoms with van der Waals surface area (Å²) in [5.41, 5.74) is 0.998. The van der Waals surface area contributed by atoms with Gasteiger partial charge in [-0.2, -0.15) is 13.2 Å². The van der Waals surface area contributed by atoms with E-state index in [0.717, 1.165) is 11.9 Å². The van der Waals surface area contributed by atoms with Crippen molar-refractivity contribution in [1.29, 1.82) is 0 Å². The molecule has 0 bridgehead atoms. The number of anilines is 1. The van der Waals surface area contributed by atoms with Crippen LogP contribution in [0.25, 0.3) is 0 Å². The molecule has 0 aliphatic heterocycles. The largest absolute Gasteiger partial charge is 0.412 e. The Morgan fingerprint density at radius 3 is 2.35 bits per heavy atom. The van der Waals surface area contributed by atoms with E-state index in [4.69, 9.17) is 11.6 Å². The molecule has 2 rings (SSSR count). The van der Waals surface area contributed by atoms with Crippen LogP contribution in [0.3, 0.4) is 0 Å². The van der Waals surface area contributed by atoms with Crippen molar-refractivity contribution in [3.05, 3.63) is 52.9 Å². The van der Waals surface area contributed by atoms with Gasteiger partial charge in [0.25, 0.3) is 0 Å². The number of hydrogen-bond donors (Lipinski definition) is 1. The molecular formula is C13H11ClF3N3. The molecule has 0 radical (unpaired) electrons. The summed E-state index contributed by atoms with van der Waals surface area (Å²) in [5.74, 6) is 0.0212. The normalized spacial score (nSPS) is 13.1. The second-order valence-corrected chi connectivity index (χ2v) is 4.64. The van der Waals surface area contributed by atoms with Gasteiger partial charge in [0.15, 0.2) is 0 Å². The summed E-state index contributed by atoms with van der Waals surface area (Å²) < 4.78 is 39.5. The van der Waals surface area contributed by atoms with Crippen molar-refractivity contribution in [3.63, 3.8) is 0 Å². The Labute approximate surface area is 118 Å². The van der Waals surface area contributed by atoms with E-state index >= 15 is 0 Å². The lowest BCUT2D eigenvalue weighted by Gasteiger charge is -2.22. The summed E-state index contributed by atoms with van der Waals surface area (Å²) >= 11 is 5.64. The van der Waals surface area contributed by atoms with Gasteiger partial charge in [-0.05, 0) is 12.5 Å². The summed E-state index contributed by atoms with van der Waals surface area (Å²) in [5, 5.41) is 2.41. The third-order valence-electron chi connectivity index (χ3n) is 2.66. The van der Waals surface area contributed by atoms with Crippen molar-refractivity contribution in [2.75, 3.05) is 5.32 Å². The van der Waals surface area contributed by atoms with E-state index in [1.54, 1.807) is 12.1 Å². The van der Waals surface area contributed by atoms with Gasteiger partial charge < -0.3 is 5.32 Å². The van der Waals surface area contributed by atoms with Crippen molar-refractivity contribution in [1.82, 2.24) is 9.97 Å². The molecule has 0 fully saturated rings. The number of rotatable bonds is 3. The summed E-state index contributed by atoms with van der Waals surface area (Å²) in [6.07, 6.45) is -3.35. The molecule has 1 atom stereocenters. The fourth-order valence-electron chi connectivity index (χ4n) is 1.67. The van der Waals surface area contributed by atoms with Gasteiger partial charge >= 0.3 is 6.18 Å². The first kappa shape index (κ1) is 14.6. The van der Waals surface area contributed by atoms with Crippen LogP contribution in [-0.4, -0.2) is 16.1 Å². The molecule has 0 aliphatic carbocycles. The first-order valence-electron chi connectivity index (χ1n) is 5.73. The van der Waals surface area contributed by atoms with Crippen LogP contribution in [0.1, 0.15) is 17.2 Å². The van der Waals surface area contributed by atoms with Gasteiger partial charge in [-0.15, -0.1) is 0 Å². The highest BCUT2D eigenvalue weighted by Crippen LogP contribution is 2.35. The molecule has 0 spiro atoms. The monoisotopic (exact) mass is 301 g/mol. The molecule has 3 nitrogen and oxygen atoms in total. The van der Waals surface area contributed by atoms with Crippen LogP contribution in [-0.2, 0) is 0 Å². The Morgan fingerprint density at radius 2 is 1.80 bits per heavy atom. The minimum atomic E-state index is -4.45. The Hall–Kier alpha value is -1.82. The van der Waals surface area contributed by atoms with Gasteiger partial charge in [0.1, 0.15) is 23.3 Å². The molecule has 1 aromatic heterocycles. The van der Waals surface area contributed by atoms with E-state index in [9.17, 15) is 13.2 Å². The van der Waals surface area contributed by atoms with Crippen molar-refractivity contribution in [2.24, 2.45) is 0 Å². The lowest BCUT2D eigenvalue weighted by molar-refractivity contribution is -0.144. The molecule has 7 heteroatoms. The quantitative estimate of drug-likeness (QED) is 0.865. The van der Waals surface area contributed by atoms with Crippen molar-refractivity contribution in [3.8, 4) is 0 Å². The summed E-state index contributed by atoms with van der Waals surface area (Å²) in [6.45, 7) is 1.81. The first-order chi connectivity index (χ1) is 9.36.